The standard InChI is InChI=1S/C14H25N5OS/c1-11(2)19-14(16-17-18-19)21-10-13(20)15-12-8-6-4-3-5-7-9-12/h11-12H,3-10H2,1-2H3,(H,15,20). The van der Waals surface area contributed by atoms with Crippen LogP contribution in [0.15, 0.2) is 5.16 Å². The number of nitrogens with zero attached hydrogens (tertiary/aromatic N) is 4. The van der Waals surface area contributed by atoms with Crippen LogP contribution in [0.1, 0.15) is 64.8 Å². The number of amides is 1. The highest BCUT2D eigenvalue weighted by atomic mass is 32.2. The minimum atomic E-state index is 0.0869. The molecule has 1 amide bonds. The van der Waals surface area contributed by atoms with Crippen LogP contribution in [-0.4, -0.2) is 37.9 Å². The maximum absolute atomic E-state index is 12.1. The lowest BCUT2D eigenvalue weighted by atomic mass is 9.97. The molecule has 6 nitrogen and oxygen atoms in total. The van der Waals surface area contributed by atoms with Gasteiger partial charge in [-0.3, -0.25) is 4.79 Å². The second-order valence-electron chi connectivity index (χ2n) is 5.90. The zero-order valence-electron chi connectivity index (χ0n) is 12.9. The van der Waals surface area contributed by atoms with Crippen molar-refractivity contribution in [2.75, 3.05) is 5.75 Å². The normalized spacial score (nSPS) is 17.5. The van der Waals surface area contributed by atoms with Crippen molar-refractivity contribution in [2.24, 2.45) is 0 Å². The van der Waals surface area contributed by atoms with Gasteiger partial charge in [-0.1, -0.05) is 43.9 Å². The molecule has 1 aliphatic rings. The Morgan fingerprint density at radius 3 is 2.62 bits per heavy atom. The van der Waals surface area contributed by atoms with E-state index in [0.717, 1.165) is 12.8 Å². The van der Waals surface area contributed by atoms with E-state index >= 15 is 0 Å². The molecule has 0 aliphatic heterocycles. The van der Waals surface area contributed by atoms with Crippen molar-refractivity contribution in [1.82, 2.24) is 25.5 Å². The number of hydrogen-bond donors (Lipinski definition) is 1. The molecule has 0 unspecified atom stereocenters. The summed E-state index contributed by atoms with van der Waals surface area (Å²) in [5.74, 6) is 0.465. The van der Waals surface area contributed by atoms with Gasteiger partial charge in [0.2, 0.25) is 11.1 Å². The number of rotatable bonds is 5. The topological polar surface area (TPSA) is 72.7 Å². The molecule has 118 valence electrons. The van der Waals surface area contributed by atoms with Crippen molar-refractivity contribution >= 4 is 17.7 Å². The van der Waals surface area contributed by atoms with Crippen LogP contribution in [0.3, 0.4) is 0 Å². The molecule has 1 fully saturated rings. The molecular weight excluding hydrogens is 286 g/mol. The van der Waals surface area contributed by atoms with Crippen molar-refractivity contribution in [3.05, 3.63) is 0 Å². The first-order valence-electron chi connectivity index (χ1n) is 7.87. The van der Waals surface area contributed by atoms with Crippen LogP contribution in [0.4, 0.5) is 0 Å². The van der Waals surface area contributed by atoms with Crippen molar-refractivity contribution in [2.45, 2.75) is 76.0 Å². The van der Waals surface area contributed by atoms with Gasteiger partial charge in [-0.25, -0.2) is 4.68 Å². The quantitative estimate of drug-likeness (QED) is 0.846. The Labute approximate surface area is 130 Å². The minimum absolute atomic E-state index is 0.0869. The third-order valence-electron chi connectivity index (χ3n) is 3.75. The first-order valence-corrected chi connectivity index (χ1v) is 8.85. The van der Waals surface area contributed by atoms with E-state index in [4.69, 9.17) is 0 Å². The molecule has 0 saturated heterocycles. The highest BCUT2D eigenvalue weighted by Gasteiger charge is 2.16. The Morgan fingerprint density at radius 1 is 1.29 bits per heavy atom. The van der Waals surface area contributed by atoms with Crippen LogP contribution in [0.5, 0.6) is 0 Å². The molecule has 1 N–H and O–H groups in total. The molecular formula is C14H25N5OS. The maximum Gasteiger partial charge on any atom is 0.230 e. The lowest BCUT2D eigenvalue weighted by Gasteiger charge is -2.20. The molecule has 0 aromatic carbocycles. The van der Waals surface area contributed by atoms with E-state index in [2.05, 4.69) is 20.8 Å². The molecule has 1 aromatic rings. The van der Waals surface area contributed by atoms with Crippen molar-refractivity contribution < 1.29 is 4.79 Å². The van der Waals surface area contributed by atoms with Crippen molar-refractivity contribution in [3.8, 4) is 0 Å². The Balaban J connectivity index is 1.77. The van der Waals surface area contributed by atoms with Crippen LogP contribution in [0.25, 0.3) is 0 Å². The van der Waals surface area contributed by atoms with E-state index in [0.29, 0.717) is 17.0 Å². The van der Waals surface area contributed by atoms with Crippen LogP contribution < -0.4 is 5.32 Å². The molecule has 1 saturated carbocycles. The molecule has 1 heterocycles. The smallest absolute Gasteiger partial charge is 0.230 e. The molecule has 0 radical (unpaired) electrons. The number of carbonyl (C=O) groups excluding carboxylic acids is 1. The van der Waals surface area contributed by atoms with E-state index < -0.39 is 0 Å². The minimum Gasteiger partial charge on any atom is -0.353 e. The molecule has 1 aliphatic carbocycles. The van der Waals surface area contributed by atoms with Crippen LogP contribution in [-0.2, 0) is 4.79 Å². The van der Waals surface area contributed by atoms with Gasteiger partial charge in [0, 0.05) is 6.04 Å². The molecule has 0 spiro atoms. The predicted octanol–water partition coefficient (Wildman–Crippen LogP) is 2.58. The monoisotopic (exact) mass is 311 g/mol. The zero-order valence-corrected chi connectivity index (χ0v) is 13.7. The van der Waals surface area contributed by atoms with Gasteiger partial charge in [0.15, 0.2) is 0 Å². The summed E-state index contributed by atoms with van der Waals surface area (Å²) in [6, 6.07) is 0.552. The summed E-state index contributed by atoms with van der Waals surface area (Å²) >= 11 is 1.40. The largest absolute Gasteiger partial charge is 0.353 e. The van der Waals surface area contributed by atoms with Crippen LogP contribution in [0.2, 0.25) is 0 Å². The summed E-state index contributed by atoms with van der Waals surface area (Å²) in [6.45, 7) is 4.05. The summed E-state index contributed by atoms with van der Waals surface area (Å²) in [4.78, 5) is 12.1. The van der Waals surface area contributed by atoms with Gasteiger partial charge < -0.3 is 5.32 Å². The van der Waals surface area contributed by atoms with E-state index in [-0.39, 0.29) is 11.9 Å². The lowest BCUT2D eigenvalue weighted by molar-refractivity contribution is -0.119. The number of aromatic nitrogens is 4. The summed E-state index contributed by atoms with van der Waals surface area (Å²) in [7, 11) is 0. The fourth-order valence-electron chi connectivity index (χ4n) is 2.60. The lowest BCUT2D eigenvalue weighted by Crippen LogP contribution is -2.36. The van der Waals surface area contributed by atoms with Gasteiger partial charge in [-0.15, -0.1) is 5.10 Å². The van der Waals surface area contributed by atoms with E-state index in [1.165, 1.54) is 43.9 Å². The fraction of sp³-hybridized carbons (Fsp3) is 0.857. The van der Waals surface area contributed by atoms with Gasteiger partial charge in [0.25, 0.3) is 0 Å². The average Bonchev–Trinajstić information content (AvgIpc) is 2.88. The average molecular weight is 311 g/mol. The van der Waals surface area contributed by atoms with Gasteiger partial charge in [0.05, 0.1) is 11.8 Å². The Morgan fingerprint density at radius 2 is 1.95 bits per heavy atom. The number of hydrogen-bond acceptors (Lipinski definition) is 5. The van der Waals surface area contributed by atoms with Gasteiger partial charge >= 0.3 is 0 Å². The predicted molar refractivity (Wildman–Crippen MR) is 83.2 cm³/mol. The van der Waals surface area contributed by atoms with Crippen LogP contribution >= 0.6 is 11.8 Å². The fourth-order valence-corrected chi connectivity index (χ4v) is 3.42. The molecule has 7 heteroatoms. The summed E-state index contributed by atoms with van der Waals surface area (Å²) in [5.41, 5.74) is 0. The highest BCUT2D eigenvalue weighted by Crippen LogP contribution is 2.19. The van der Waals surface area contributed by atoms with E-state index in [9.17, 15) is 4.79 Å². The van der Waals surface area contributed by atoms with Crippen LogP contribution in [0, 0.1) is 0 Å². The van der Waals surface area contributed by atoms with E-state index in [1.807, 2.05) is 13.8 Å². The third kappa shape index (κ3) is 5.30. The number of carbonyl (C=O) groups is 1. The van der Waals surface area contributed by atoms with E-state index in [1.54, 1.807) is 4.68 Å². The molecule has 21 heavy (non-hydrogen) atoms. The van der Waals surface area contributed by atoms with Gasteiger partial charge in [-0.2, -0.15) is 0 Å². The second-order valence-corrected chi connectivity index (χ2v) is 6.84. The van der Waals surface area contributed by atoms with Gasteiger partial charge in [0.1, 0.15) is 0 Å². The second kappa shape index (κ2) is 8.36. The Hall–Kier alpha value is -1.11. The molecule has 0 bridgehead atoms. The van der Waals surface area contributed by atoms with Crippen molar-refractivity contribution in [3.63, 3.8) is 0 Å². The highest BCUT2D eigenvalue weighted by molar-refractivity contribution is 7.99. The summed E-state index contributed by atoms with van der Waals surface area (Å²) < 4.78 is 1.74. The molecule has 2 rings (SSSR count). The molecule has 0 atom stereocenters. The number of nitrogens with one attached hydrogen (secondary N) is 1. The van der Waals surface area contributed by atoms with Gasteiger partial charge in [-0.05, 0) is 37.1 Å². The molecule has 1 aromatic heterocycles. The summed E-state index contributed by atoms with van der Waals surface area (Å²) in [6.07, 6.45) is 8.61. The zero-order chi connectivity index (χ0) is 15.1. The SMILES string of the molecule is CC(C)n1nnnc1SCC(=O)NC1CCCCCCC1. The summed E-state index contributed by atoms with van der Waals surface area (Å²) in [5, 5.41) is 15.4. The first kappa shape index (κ1) is 16.3. The number of thioether (sulfide) groups is 1. The third-order valence-corrected chi connectivity index (χ3v) is 4.69. The first-order chi connectivity index (χ1) is 10.2. The van der Waals surface area contributed by atoms with Crippen molar-refractivity contribution in [1.29, 1.82) is 0 Å². The Bertz CT molecular complexity index is 440. The number of tetrazole rings is 1. The Kier molecular flexibility index (Phi) is 6.48. The maximum atomic E-state index is 12.1.